The van der Waals surface area contributed by atoms with Crippen molar-refractivity contribution in [3.63, 3.8) is 0 Å². The van der Waals surface area contributed by atoms with Gasteiger partial charge in [-0.2, -0.15) is 0 Å². The first-order chi connectivity index (χ1) is 6.72. The molecule has 1 heterocycles. The lowest BCUT2D eigenvalue weighted by atomic mass is 10.1. The molecule has 0 aliphatic carbocycles. The molecule has 0 spiro atoms. The standard InChI is InChI=1S/C11H15NO2/c1-7-4-3-5-9-11(7)14-10(6-13)8(2)12-9/h3-5,8,10,12-13H,6H2,1-2H3. The van der Waals surface area contributed by atoms with E-state index < -0.39 is 0 Å². The van der Waals surface area contributed by atoms with Crippen LogP contribution in [0.4, 0.5) is 5.69 Å². The van der Waals surface area contributed by atoms with E-state index in [0.717, 1.165) is 17.0 Å². The maximum atomic E-state index is 9.11. The molecular formula is C11H15NO2. The van der Waals surface area contributed by atoms with Gasteiger partial charge in [0.15, 0.2) is 0 Å². The van der Waals surface area contributed by atoms with Gasteiger partial charge in [-0.05, 0) is 25.5 Å². The van der Waals surface area contributed by atoms with E-state index in [0.29, 0.717) is 0 Å². The van der Waals surface area contributed by atoms with Crippen molar-refractivity contribution in [2.24, 2.45) is 0 Å². The molecule has 1 aromatic carbocycles. The number of anilines is 1. The number of hydrogen-bond donors (Lipinski definition) is 2. The first kappa shape index (κ1) is 9.34. The number of ether oxygens (including phenoxy) is 1. The van der Waals surface area contributed by atoms with Crippen molar-refractivity contribution < 1.29 is 9.84 Å². The number of benzene rings is 1. The summed E-state index contributed by atoms with van der Waals surface area (Å²) in [5, 5.41) is 12.4. The largest absolute Gasteiger partial charge is 0.483 e. The molecule has 76 valence electrons. The molecule has 3 nitrogen and oxygen atoms in total. The van der Waals surface area contributed by atoms with Crippen LogP contribution >= 0.6 is 0 Å². The van der Waals surface area contributed by atoms with Gasteiger partial charge in [0, 0.05) is 0 Å². The molecule has 14 heavy (non-hydrogen) atoms. The fraction of sp³-hybridized carbons (Fsp3) is 0.455. The maximum Gasteiger partial charge on any atom is 0.145 e. The highest BCUT2D eigenvalue weighted by molar-refractivity contribution is 5.62. The quantitative estimate of drug-likeness (QED) is 0.711. The second-order valence-corrected chi connectivity index (χ2v) is 3.72. The number of aliphatic hydroxyl groups is 1. The summed E-state index contributed by atoms with van der Waals surface area (Å²) in [7, 11) is 0. The van der Waals surface area contributed by atoms with Crippen LogP contribution in [-0.2, 0) is 0 Å². The van der Waals surface area contributed by atoms with Gasteiger partial charge in [0.2, 0.25) is 0 Å². The van der Waals surface area contributed by atoms with Crippen molar-refractivity contribution in [3.8, 4) is 5.75 Å². The van der Waals surface area contributed by atoms with Crippen LogP contribution in [0, 0.1) is 6.92 Å². The van der Waals surface area contributed by atoms with E-state index in [4.69, 9.17) is 9.84 Å². The molecule has 2 unspecified atom stereocenters. The van der Waals surface area contributed by atoms with Gasteiger partial charge < -0.3 is 15.2 Å². The second kappa shape index (κ2) is 3.50. The van der Waals surface area contributed by atoms with Gasteiger partial charge in [0.1, 0.15) is 11.9 Å². The smallest absolute Gasteiger partial charge is 0.145 e. The topological polar surface area (TPSA) is 41.5 Å². The Balaban J connectivity index is 2.36. The zero-order valence-electron chi connectivity index (χ0n) is 8.45. The van der Waals surface area contributed by atoms with Crippen molar-refractivity contribution in [1.82, 2.24) is 0 Å². The molecule has 1 aliphatic heterocycles. The Morgan fingerprint density at radius 1 is 1.50 bits per heavy atom. The Morgan fingerprint density at radius 3 is 3.00 bits per heavy atom. The monoisotopic (exact) mass is 193 g/mol. The molecule has 0 bridgehead atoms. The number of rotatable bonds is 1. The molecule has 2 rings (SSSR count). The van der Waals surface area contributed by atoms with Crippen LogP contribution < -0.4 is 10.1 Å². The zero-order chi connectivity index (χ0) is 10.1. The van der Waals surface area contributed by atoms with Crippen LogP contribution in [0.2, 0.25) is 0 Å². The summed E-state index contributed by atoms with van der Waals surface area (Å²) in [6.07, 6.45) is -0.149. The van der Waals surface area contributed by atoms with Crippen LogP contribution in [0.5, 0.6) is 5.75 Å². The van der Waals surface area contributed by atoms with Crippen molar-refractivity contribution in [2.75, 3.05) is 11.9 Å². The number of fused-ring (bicyclic) bond motifs is 1. The molecule has 2 N–H and O–H groups in total. The van der Waals surface area contributed by atoms with E-state index in [1.807, 2.05) is 32.0 Å². The highest BCUT2D eigenvalue weighted by Crippen LogP contribution is 2.33. The summed E-state index contributed by atoms with van der Waals surface area (Å²) in [4.78, 5) is 0. The first-order valence-corrected chi connectivity index (χ1v) is 4.86. The van der Waals surface area contributed by atoms with E-state index in [9.17, 15) is 0 Å². The molecule has 0 aromatic heterocycles. The second-order valence-electron chi connectivity index (χ2n) is 3.72. The number of nitrogens with one attached hydrogen (secondary N) is 1. The third kappa shape index (κ3) is 1.44. The van der Waals surface area contributed by atoms with E-state index >= 15 is 0 Å². The molecule has 2 atom stereocenters. The normalized spacial score (nSPS) is 24.8. The minimum absolute atomic E-state index is 0.0436. The SMILES string of the molecule is Cc1cccc2c1OC(CO)C(C)N2. The predicted molar refractivity (Wildman–Crippen MR) is 55.8 cm³/mol. The fourth-order valence-corrected chi connectivity index (χ4v) is 1.71. The Morgan fingerprint density at radius 2 is 2.29 bits per heavy atom. The van der Waals surface area contributed by atoms with Crippen molar-refractivity contribution >= 4 is 5.69 Å². The number of para-hydroxylation sites is 1. The summed E-state index contributed by atoms with van der Waals surface area (Å²) >= 11 is 0. The summed E-state index contributed by atoms with van der Waals surface area (Å²) in [5.74, 6) is 0.865. The Kier molecular flexibility index (Phi) is 2.33. The number of aliphatic hydroxyl groups excluding tert-OH is 1. The zero-order valence-corrected chi connectivity index (χ0v) is 8.45. The average molecular weight is 193 g/mol. The third-order valence-corrected chi connectivity index (χ3v) is 2.60. The first-order valence-electron chi connectivity index (χ1n) is 4.86. The predicted octanol–water partition coefficient (Wildman–Crippen LogP) is 1.55. The molecule has 3 heteroatoms. The highest BCUT2D eigenvalue weighted by atomic mass is 16.5. The van der Waals surface area contributed by atoms with Crippen LogP contribution in [0.25, 0.3) is 0 Å². The van der Waals surface area contributed by atoms with Crippen LogP contribution in [-0.4, -0.2) is 23.9 Å². The van der Waals surface area contributed by atoms with Gasteiger partial charge in [-0.15, -0.1) is 0 Å². The Bertz CT molecular complexity index is 338. The molecule has 1 aromatic rings. The third-order valence-electron chi connectivity index (χ3n) is 2.60. The summed E-state index contributed by atoms with van der Waals surface area (Å²) in [6, 6.07) is 6.14. The molecule has 0 saturated carbocycles. The van der Waals surface area contributed by atoms with Gasteiger partial charge in [-0.1, -0.05) is 12.1 Å². The Hall–Kier alpha value is -1.22. The Labute approximate surface area is 83.7 Å². The number of hydrogen-bond acceptors (Lipinski definition) is 3. The lowest BCUT2D eigenvalue weighted by Crippen LogP contribution is -2.41. The van der Waals surface area contributed by atoms with Crippen molar-refractivity contribution in [3.05, 3.63) is 23.8 Å². The van der Waals surface area contributed by atoms with Crippen LogP contribution in [0.3, 0.4) is 0 Å². The molecule has 0 saturated heterocycles. The molecular weight excluding hydrogens is 178 g/mol. The van der Waals surface area contributed by atoms with Crippen LogP contribution in [0.1, 0.15) is 12.5 Å². The van der Waals surface area contributed by atoms with Crippen LogP contribution in [0.15, 0.2) is 18.2 Å². The minimum Gasteiger partial charge on any atom is -0.483 e. The molecule has 0 amide bonds. The highest BCUT2D eigenvalue weighted by Gasteiger charge is 2.26. The van der Waals surface area contributed by atoms with E-state index in [1.54, 1.807) is 0 Å². The van der Waals surface area contributed by atoms with Gasteiger partial charge in [-0.25, -0.2) is 0 Å². The van der Waals surface area contributed by atoms with E-state index in [-0.39, 0.29) is 18.8 Å². The van der Waals surface area contributed by atoms with Gasteiger partial charge >= 0.3 is 0 Å². The van der Waals surface area contributed by atoms with Gasteiger partial charge in [0.05, 0.1) is 18.3 Å². The molecule has 0 radical (unpaired) electrons. The van der Waals surface area contributed by atoms with Crippen molar-refractivity contribution in [1.29, 1.82) is 0 Å². The molecule has 0 fully saturated rings. The average Bonchev–Trinajstić information content (AvgIpc) is 2.17. The van der Waals surface area contributed by atoms with Crippen molar-refractivity contribution in [2.45, 2.75) is 26.0 Å². The maximum absolute atomic E-state index is 9.11. The van der Waals surface area contributed by atoms with Gasteiger partial charge in [-0.3, -0.25) is 0 Å². The lowest BCUT2D eigenvalue weighted by Gasteiger charge is -2.32. The summed E-state index contributed by atoms with van der Waals surface area (Å²) < 4.78 is 5.71. The lowest BCUT2D eigenvalue weighted by molar-refractivity contribution is 0.0971. The minimum atomic E-state index is -0.149. The number of aryl methyl sites for hydroxylation is 1. The summed E-state index contributed by atoms with van der Waals surface area (Å²) in [5.41, 5.74) is 2.11. The van der Waals surface area contributed by atoms with E-state index in [2.05, 4.69) is 5.32 Å². The van der Waals surface area contributed by atoms with E-state index in [1.165, 1.54) is 0 Å². The summed E-state index contributed by atoms with van der Waals surface area (Å²) in [6.45, 7) is 4.05. The molecule has 1 aliphatic rings. The fourth-order valence-electron chi connectivity index (χ4n) is 1.71. The van der Waals surface area contributed by atoms with Gasteiger partial charge in [0.25, 0.3) is 0 Å².